The van der Waals surface area contributed by atoms with Crippen LogP contribution >= 0.6 is 11.6 Å². The van der Waals surface area contributed by atoms with E-state index in [1.54, 1.807) is 6.07 Å². The quantitative estimate of drug-likeness (QED) is 0.906. The maximum absolute atomic E-state index is 5.94. The van der Waals surface area contributed by atoms with Crippen molar-refractivity contribution in [2.24, 2.45) is 5.73 Å². The largest absolute Gasteiger partial charge is 0.440 e. The third kappa shape index (κ3) is 2.05. The van der Waals surface area contributed by atoms with Crippen molar-refractivity contribution in [1.29, 1.82) is 0 Å². The van der Waals surface area contributed by atoms with Gasteiger partial charge in [0.1, 0.15) is 5.52 Å². The number of hydrogen-bond acceptors (Lipinski definition) is 3. The number of hydrogen-bond donors (Lipinski definition) is 1. The summed E-state index contributed by atoms with van der Waals surface area (Å²) in [6.07, 6.45) is 1.83. The Labute approximate surface area is 106 Å². The fraction of sp³-hybridized carbons (Fsp3) is 0.462. The molecule has 0 bridgehead atoms. The second-order valence-electron chi connectivity index (χ2n) is 4.32. The summed E-state index contributed by atoms with van der Waals surface area (Å²) in [5.41, 5.74) is 7.29. The van der Waals surface area contributed by atoms with E-state index in [1.165, 1.54) is 0 Å². The van der Waals surface area contributed by atoms with Crippen LogP contribution in [0.1, 0.15) is 32.6 Å². The molecule has 0 atom stereocenters. The van der Waals surface area contributed by atoms with Crippen molar-refractivity contribution in [3.05, 3.63) is 29.1 Å². The highest BCUT2D eigenvalue weighted by molar-refractivity contribution is 6.31. The molecule has 0 aliphatic rings. The molecule has 0 saturated carbocycles. The molecule has 1 aromatic carbocycles. The van der Waals surface area contributed by atoms with E-state index in [0.717, 1.165) is 29.8 Å². The first-order chi connectivity index (χ1) is 8.15. The van der Waals surface area contributed by atoms with Gasteiger partial charge < -0.3 is 10.2 Å². The zero-order valence-electron chi connectivity index (χ0n) is 10.2. The van der Waals surface area contributed by atoms with Crippen LogP contribution in [-0.4, -0.2) is 11.5 Å². The zero-order chi connectivity index (χ0) is 12.5. The molecule has 0 radical (unpaired) electrons. The molecule has 4 heteroatoms. The third-order valence-electron chi connectivity index (χ3n) is 3.55. The van der Waals surface area contributed by atoms with E-state index < -0.39 is 0 Å². The number of fused-ring (bicyclic) bond motifs is 1. The topological polar surface area (TPSA) is 52.0 Å². The fourth-order valence-corrected chi connectivity index (χ4v) is 2.22. The lowest BCUT2D eigenvalue weighted by Crippen LogP contribution is -2.34. The highest BCUT2D eigenvalue weighted by Gasteiger charge is 2.32. The van der Waals surface area contributed by atoms with Crippen molar-refractivity contribution in [3.63, 3.8) is 0 Å². The Bertz CT molecular complexity index is 509. The molecule has 2 N–H and O–H groups in total. The first kappa shape index (κ1) is 12.4. The van der Waals surface area contributed by atoms with Gasteiger partial charge in [-0.15, -0.1) is 0 Å². The molecule has 17 heavy (non-hydrogen) atoms. The smallest absolute Gasteiger partial charge is 0.202 e. The number of nitrogens with zero attached hydrogens (tertiary/aromatic N) is 1. The average molecular weight is 253 g/mol. The Hall–Kier alpha value is -1.06. The van der Waals surface area contributed by atoms with Crippen LogP contribution < -0.4 is 5.73 Å². The molecule has 0 aliphatic heterocycles. The SMILES string of the molecule is CCC(CC)(CN)c1nc2cc(Cl)ccc2o1. The van der Waals surface area contributed by atoms with E-state index in [0.29, 0.717) is 11.6 Å². The van der Waals surface area contributed by atoms with Crippen LogP contribution in [0.15, 0.2) is 22.6 Å². The highest BCUT2D eigenvalue weighted by Crippen LogP contribution is 2.32. The van der Waals surface area contributed by atoms with Gasteiger partial charge in [-0.3, -0.25) is 0 Å². The lowest BCUT2D eigenvalue weighted by atomic mass is 9.82. The molecule has 92 valence electrons. The van der Waals surface area contributed by atoms with Crippen molar-refractivity contribution in [3.8, 4) is 0 Å². The van der Waals surface area contributed by atoms with Crippen molar-refractivity contribution >= 4 is 22.7 Å². The summed E-state index contributed by atoms with van der Waals surface area (Å²) >= 11 is 5.94. The van der Waals surface area contributed by atoms with Crippen LogP contribution in [0.2, 0.25) is 5.02 Å². The van der Waals surface area contributed by atoms with Gasteiger partial charge in [0.15, 0.2) is 5.58 Å². The summed E-state index contributed by atoms with van der Waals surface area (Å²) in [5.74, 6) is 0.724. The van der Waals surface area contributed by atoms with Gasteiger partial charge in [-0.25, -0.2) is 4.98 Å². The third-order valence-corrected chi connectivity index (χ3v) is 3.78. The van der Waals surface area contributed by atoms with Gasteiger partial charge in [-0.2, -0.15) is 0 Å². The van der Waals surface area contributed by atoms with Crippen LogP contribution in [0.5, 0.6) is 0 Å². The maximum atomic E-state index is 5.94. The number of benzene rings is 1. The molecule has 0 saturated heterocycles. The van der Waals surface area contributed by atoms with E-state index in [1.807, 2.05) is 12.1 Å². The number of oxazole rings is 1. The molecule has 0 unspecified atom stereocenters. The molecular weight excluding hydrogens is 236 g/mol. The maximum Gasteiger partial charge on any atom is 0.202 e. The molecule has 3 nitrogen and oxygen atoms in total. The summed E-state index contributed by atoms with van der Waals surface area (Å²) in [6.45, 7) is 4.76. The first-order valence-electron chi connectivity index (χ1n) is 5.92. The van der Waals surface area contributed by atoms with E-state index in [2.05, 4.69) is 18.8 Å². The Morgan fingerprint density at radius 3 is 2.65 bits per heavy atom. The Morgan fingerprint density at radius 1 is 1.35 bits per heavy atom. The Balaban J connectivity index is 2.55. The molecule has 2 rings (SSSR count). The van der Waals surface area contributed by atoms with E-state index in [4.69, 9.17) is 21.8 Å². The summed E-state index contributed by atoms with van der Waals surface area (Å²) in [6, 6.07) is 5.47. The van der Waals surface area contributed by atoms with Crippen LogP contribution in [0.4, 0.5) is 0 Å². The van der Waals surface area contributed by atoms with Crippen LogP contribution in [-0.2, 0) is 5.41 Å². The van der Waals surface area contributed by atoms with Crippen molar-refractivity contribution < 1.29 is 4.42 Å². The standard InChI is InChI=1S/C13H17ClN2O/c1-3-13(4-2,8-15)12-16-10-7-9(14)5-6-11(10)17-12/h5-7H,3-4,8,15H2,1-2H3. The van der Waals surface area contributed by atoms with Gasteiger partial charge in [0.05, 0.1) is 5.41 Å². The summed E-state index contributed by atoms with van der Waals surface area (Å²) in [4.78, 5) is 4.53. The van der Waals surface area contributed by atoms with Gasteiger partial charge in [0.25, 0.3) is 0 Å². The summed E-state index contributed by atoms with van der Waals surface area (Å²) < 4.78 is 5.81. The minimum Gasteiger partial charge on any atom is -0.440 e. The van der Waals surface area contributed by atoms with Gasteiger partial charge in [0.2, 0.25) is 5.89 Å². The van der Waals surface area contributed by atoms with Gasteiger partial charge in [-0.05, 0) is 31.0 Å². The lowest BCUT2D eigenvalue weighted by molar-refractivity contribution is 0.316. The summed E-state index contributed by atoms with van der Waals surface area (Å²) in [5, 5.41) is 0.670. The van der Waals surface area contributed by atoms with Gasteiger partial charge in [0, 0.05) is 11.6 Å². The molecule has 1 heterocycles. The number of halogens is 1. The van der Waals surface area contributed by atoms with E-state index >= 15 is 0 Å². The van der Waals surface area contributed by atoms with Crippen molar-refractivity contribution in [2.75, 3.05) is 6.54 Å². The minimum absolute atomic E-state index is 0.161. The molecule has 0 spiro atoms. The van der Waals surface area contributed by atoms with Crippen molar-refractivity contribution in [1.82, 2.24) is 4.98 Å². The van der Waals surface area contributed by atoms with Crippen LogP contribution in [0.25, 0.3) is 11.1 Å². The Kier molecular flexibility index (Phi) is 3.40. The fourth-order valence-electron chi connectivity index (χ4n) is 2.06. The number of rotatable bonds is 4. The van der Waals surface area contributed by atoms with Crippen LogP contribution in [0, 0.1) is 0 Å². The molecule has 0 amide bonds. The Morgan fingerprint density at radius 2 is 2.06 bits per heavy atom. The molecule has 1 aromatic heterocycles. The van der Waals surface area contributed by atoms with Gasteiger partial charge >= 0.3 is 0 Å². The zero-order valence-corrected chi connectivity index (χ0v) is 10.9. The monoisotopic (exact) mass is 252 g/mol. The minimum atomic E-state index is -0.161. The molecular formula is C13H17ClN2O. The number of aromatic nitrogens is 1. The lowest BCUT2D eigenvalue weighted by Gasteiger charge is -2.25. The average Bonchev–Trinajstić information content (AvgIpc) is 2.75. The summed E-state index contributed by atoms with van der Waals surface area (Å²) in [7, 11) is 0. The predicted molar refractivity (Wildman–Crippen MR) is 70.3 cm³/mol. The van der Waals surface area contributed by atoms with Crippen LogP contribution in [0.3, 0.4) is 0 Å². The molecule has 2 aromatic rings. The molecule has 0 fully saturated rings. The van der Waals surface area contributed by atoms with E-state index in [-0.39, 0.29) is 5.41 Å². The molecule has 0 aliphatic carbocycles. The highest BCUT2D eigenvalue weighted by atomic mass is 35.5. The normalized spacial score (nSPS) is 12.2. The predicted octanol–water partition coefficient (Wildman–Crippen LogP) is 3.50. The number of nitrogens with two attached hydrogens (primary N) is 1. The van der Waals surface area contributed by atoms with Crippen molar-refractivity contribution in [2.45, 2.75) is 32.1 Å². The second-order valence-corrected chi connectivity index (χ2v) is 4.76. The first-order valence-corrected chi connectivity index (χ1v) is 6.29. The van der Waals surface area contributed by atoms with E-state index in [9.17, 15) is 0 Å². The second kappa shape index (κ2) is 4.67. The van der Waals surface area contributed by atoms with Gasteiger partial charge in [-0.1, -0.05) is 25.4 Å².